The van der Waals surface area contributed by atoms with E-state index in [-0.39, 0.29) is 10.8 Å². The summed E-state index contributed by atoms with van der Waals surface area (Å²) in [6, 6.07) is 5.29. The number of hydrogen-bond donors (Lipinski definition) is 2. The molecular weight excluding hydrogens is 457 g/mol. The van der Waals surface area contributed by atoms with Crippen molar-refractivity contribution in [2.45, 2.75) is 6.54 Å². The lowest BCUT2D eigenvalue weighted by atomic mass is 10.2. The third-order valence-corrected chi connectivity index (χ3v) is 5.59. The minimum Gasteiger partial charge on any atom is -0.504 e. The van der Waals surface area contributed by atoms with Crippen molar-refractivity contribution >= 4 is 34.1 Å². The van der Waals surface area contributed by atoms with Crippen LogP contribution in [0.3, 0.4) is 0 Å². The topological polar surface area (TPSA) is 85.3 Å². The van der Waals surface area contributed by atoms with Crippen molar-refractivity contribution in [2.24, 2.45) is 0 Å². The van der Waals surface area contributed by atoms with E-state index < -0.39 is 0 Å². The number of ether oxygens (including phenoxy) is 4. The van der Waals surface area contributed by atoms with Crippen LogP contribution in [0.2, 0.25) is 10.0 Å². The SMILES string of the molecule is Oc1c(Cl)cc(Cl)c2ccc(CN3CCOCCOCCNCCOCCOCC3)nc12. The molecule has 0 aliphatic carbocycles. The predicted molar refractivity (Wildman–Crippen MR) is 125 cm³/mol. The number of fused-ring (bicyclic) bond motifs is 1. The monoisotopic (exact) mass is 487 g/mol. The zero-order valence-electron chi connectivity index (χ0n) is 18.2. The second-order valence-corrected chi connectivity index (χ2v) is 8.18. The molecule has 0 saturated carbocycles. The Morgan fingerprint density at radius 1 is 0.844 bits per heavy atom. The molecule has 0 amide bonds. The molecule has 0 radical (unpaired) electrons. The first kappa shape index (κ1) is 25.4. The maximum Gasteiger partial charge on any atom is 0.160 e. The molecule has 3 rings (SSSR count). The van der Waals surface area contributed by atoms with Gasteiger partial charge in [-0.15, -0.1) is 0 Å². The Kier molecular flexibility index (Phi) is 11.2. The lowest BCUT2D eigenvalue weighted by molar-refractivity contribution is 0.0192. The highest BCUT2D eigenvalue weighted by Crippen LogP contribution is 2.36. The Bertz CT molecular complexity index is 825. The van der Waals surface area contributed by atoms with E-state index in [1.165, 1.54) is 6.07 Å². The third kappa shape index (κ3) is 8.28. The lowest BCUT2D eigenvalue weighted by Crippen LogP contribution is -2.32. The summed E-state index contributed by atoms with van der Waals surface area (Å²) in [4.78, 5) is 6.80. The van der Waals surface area contributed by atoms with Gasteiger partial charge in [-0.25, -0.2) is 4.98 Å². The van der Waals surface area contributed by atoms with E-state index in [0.717, 1.165) is 18.8 Å². The fourth-order valence-electron chi connectivity index (χ4n) is 3.28. The highest BCUT2D eigenvalue weighted by atomic mass is 35.5. The first-order valence-electron chi connectivity index (χ1n) is 10.9. The van der Waals surface area contributed by atoms with E-state index in [0.29, 0.717) is 88.4 Å². The van der Waals surface area contributed by atoms with E-state index >= 15 is 0 Å². The number of aromatic hydroxyl groups is 1. The summed E-state index contributed by atoms with van der Waals surface area (Å²) in [5.74, 6) is -0.0607. The molecule has 1 aliphatic heterocycles. The molecule has 2 aromatic rings. The van der Waals surface area contributed by atoms with Crippen LogP contribution in [-0.4, -0.2) is 94.0 Å². The predicted octanol–water partition coefficient (Wildman–Crippen LogP) is 2.72. The van der Waals surface area contributed by atoms with Gasteiger partial charge in [-0.05, 0) is 18.2 Å². The van der Waals surface area contributed by atoms with Gasteiger partial charge >= 0.3 is 0 Å². The molecule has 1 saturated heterocycles. The molecule has 8 nitrogen and oxygen atoms in total. The van der Waals surface area contributed by atoms with E-state index in [1.54, 1.807) is 0 Å². The van der Waals surface area contributed by atoms with E-state index in [9.17, 15) is 5.11 Å². The smallest absolute Gasteiger partial charge is 0.160 e. The van der Waals surface area contributed by atoms with Gasteiger partial charge in [-0.2, -0.15) is 0 Å². The van der Waals surface area contributed by atoms with Crippen LogP contribution in [0.5, 0.6) is 5.75 Å². The second-order valence-electron chi connectivity index (χ2n) is 7.36. The summed E-state index contributed by atoms with van der Waals surface area (Å²) in [6.07, 6.45) is 0. The molecule has 1 aromatic carbocycles. The van der Waals surface area contributed by atoms with Gasteiger partial charge in [0.05, 0.1) is 68.6 Å². The van der Waals surface area contributed by atoms with Crippen LogP contribution in [0, 0.1) is 0 Å². The Morgan fingerprint density at radius 2 is 1.44 bits per heavy atom. The van der Waals surface area contributed by atoms with Crippen molar-refractivity contribution in [3.8, 4) is 5.75 Å². The maximum atomic E-state index is 10.3. The number of rotatable bonds is 2. The molecule has 178 valence electrons. The third-order valence-electron chi connectivity index (χ3n) is 4.99. The summed E-state index contributed by atoms with van der Waals surface area (Å²) in [6.45, 7) is 8.23. The van der Waals surface area contributed by atoms with E-state index in [1.807, 2.05) is 12.1 Å². The van der Waals surface area contributed by atoms with Crippen LogP contribution >= 0.6 is 23.2 Å². The van der Waals surface area contributed by atoms with Gasteiger partial charge in [0, 0.05) is 38.1 Å². The standard InChI is InChI=1S/C22H31Cl2N3O5/c23-19-15-20(24)22(28)21-18(19)2-1-17(26-21)16-27-5-9-31-13-11-29-7-3-25-4-8-30-12-14-32-10-6-27/h1-2,15,25,28H,3-14,16H2. The van der Waals surface area contributed by atoms with Crippen LogP contribution in [-0.2, 0) is 25.5 Å². The van der Waals surface area contributed by atoms with Crippen molar-refractivity contribution in [2.75, 3.05) is 79.0 Å². The maximum absolute atomic E-state index is 10.3. The molecule has 1 aliphatic rings. The molecule has 0 bridgehead atoms. The summed E-state index contributed by atoms with van der Waals surface area (Å²) in [7, 11) is 0. The zero-order valence-corrected chi connectivity index (χ0v) is 19.7. The van der Waals surface area contributed by atoms with E-state index in [2.05, 4.69) is 15.2 Å². The molecule has 2 N–H and O–H groups in total. The number of aromatic nitrogens is 1. The summed E-state index contributed by atoms with van der Waals surface area (Å²) < 4.78 is 22.6. The van der Waals surface area contributed by atoms with Crippen molar-refractivity contribution in [3.63, 3.8) is 0 Å². The van der Waals surface area contributed by atoms with Crippen LogP contribution < -0.4 is 5.32 Å². The largest absolute Gasteiger partial charge is 0.504 e. The number of nitrogens with zero attached hydrogens (tertiary/aromatic N) is 2. The van der Waals surface area contributed by atoms with Crippen molar-refractivity contribution in [1.29, 1.82) is 0 Å². The average Bonchev–Trinajstić information content (AvgIpc) is 2.78. The van der Waals surface area contributed by atoms with Crippen molar-refractivity contribution in [3.05, 3.63) is 33.9 Å². The normalized spacial score (nSPS) is 19.4. The molecule has 1 fully saturated rings. The quantitative estimate of drug-likeness (QED) is 0.668. The van der Waals surface area contributed by atoms with Gasteiger partial charge in [0.25, 0.3) is 0 Å². The van der Waals surface area contributed by atoms with Crippen molar-refractivity contribution < 1.29 is 24.1 Å². The Morgan fingerprint density at radius 3 is 2.06 bits per heavy atom. The van der Waals surface area contributed by atoms with Gasteiger partial charge in [0.15, 0.2) is 5.75 Å². The van der Waals surface area contributed by atoms with Crippen LogP contribution in [0.1, 0.15) is 5.69 Å². The molecule has 0 unspecified atom stereocenters. The average molecular weight is 488 g/mol. The summed E-state index contributed by atoms with van der Waals surface area (Å²) >= 11 is 12.3. The van der Waals surface area contributed by atoms with Crippen LogP contribution in [0.15, 0.2) is 18.2 Å². The molecule has 1 aromatic heterocycles. The number of phenols is 1. The molecular formula is C22H31Cl2N3O5. The van der Waals surface area contributed by atoms with Gasteiger partial charge in [-0.3, -0.25) is 4.90 Å². The molecule has 0 spiro atoms. The number of nitrogens with one attached hydrogen (secondary N) is 1. The molecule has 0 atom stereocenters. The summed E-state index contributed by atoms with van der Waals surface area (Å²) in [5.41, 5.74) is 1.20. The molecule has 2 heterocycles. The first-order valence-corrected chi connectivity index (χ1v) is 11.6. The van der Waals surface area contributed by atoms with Gasteiger partial charge in [0.2, 0.25) is 0 Å². The first-order chi connectivity index (χ1) is 15.6. The van der Waals surface area contributed by atoms with Crippen LogP contribution in [0.25, 0.3) is 10.9 Å². The number of hydrogen-bond acceptors (Lipinski definition) is 8. The van der Waals surface area contributed by atoms with Crippen molar-refractivity contribution in [1.82, 2.24) is 15.2 Å². The van der Waals surface area contributed by atoms with Gasteiger partial charge in [-0.1, -0.05) is 23.2 Å². The number of benzene rings is 1. The number of phenolic OH excluding ortho intramolecular Hbond substituents is 1. The Labute approximate surface area is 198 Å². The molecule has 10 heteroatoms. The minimum absolute atomic E-state index is 0.0607. The highest BCUT2D eigenvalue weighted by molar-refractivity contribution is 6.39. The Balaban J connectivity index is 1.60. The minimum atomic E-state index is -0.0607. The zero-order chi connectivity index (χ0) is 22.6. The van der Waals surface area contributed by atoms with Gasteiger partial charge in [0.1, 0.15) is 5.52 Å². The number of pyridine rings is 1. The fourth-order valence-corrected chi connectivity index (χ4v) is 3.79. The van der Waals surface area contributed by atoms with Crippen LogP contribution in [0.4, 0.5) is 0 Å². The molecule has 32 heavy (non-hydrogen) atoms. The van der Waals surface area contributed by atoms with Gasteiger partial charge < -0.3 is 29.4 Å². The highest BCUT2D eigenvalue weighted by Gasteiger charge is 2.13. The van der Waals surface area contributed by atoms with E-state index in [4.69, 9.17) is 42.1 Å². The fraction of sp³-hybridized carbons (Fsp3) is 0.591. The Hall–Kier alpha value is -1.23. The lowest BCUT2D eigenvalue weighted by Gasteiger charge is -2.22. The summed E-state index contributed by atoms with van der Waals surface area (Å²) in [5, 5.41) is 14.9. The second kappa shape index (κ2) is 14.1. The number of halogens is 2.